The number of fused-ring (bicyclic) bond motifs is 1. The summed E-state index contributed by atoms with van der Waals surface area (Å²) in [6.45, 7) is 15.0. The van der Waals surface area contributed by atoms with Gasteiger partial charge in [-0.1, -0.05) is 20.8 Å². The number of hydrogen-bond donors (Lipinski definition) is 0. The van der Waals surface area contributed by atoms with Gasteiger partial charge in [0, 0.05) is 5.92 Å². The van der Waals surface area contributed by atoms with E-state index in [1.165, 1.54) is 0 Å². The van der Waals surface area contributed by atoms with Crippen LogP contribution in [-0.4, -0.2) is 17.0 Å². The molecule has 0 N–H and O–H groups in total. The quantitative estimate of drug-likeness (QED) is 0.699. The fraction of sp³-hybridized carbons (Fsp3) is 0.933. The first-order valence-electron chi connectivity index (χ1n) is 6.73. The van der Waals surface area contributed by atoms with Gasteiger partial charge in [0.15, 0.2) is 0 Å². The lowest BCUT2D eigenvalue weighted by Gasteiger charge is -2.36. The second kappa shape index (κ2) is 3.34. The number of ketones is 1. The van der Waals surface area contributed by atoms with E-state index in [9.17, 15) is 4.79 Å². The Labute approximate surface area is 105 Å². The third-order valence-corrected chi connectivity index (χ3v) is 5.46. The molecule has 0 aromatic heterocycles. The molecule has 2 aliphatic rings. The predicted molar refractivity (Wildman–Crippen MR) is 68.8 cm³/mol. The van der Waals surface area contributed by atoms with Crippen LogP contribution in [-0.2, 0) is 9.53 Å². The molecule has 4 atom stereocenters. The summed E-state index contributed by atoms with van der Waals surface area (Å²) in [5.41, 5.74) is -0.260. The van der Waals surface area contributed by atoms with Gasteiger partial charge >= 0.3 is 0 Å². The van der Waals surface area contributed by atoms with Gasteiger partial charge in [0.1, 0.15) is 5.78 Å². The molecule has 0 amide bonds. The summed E-state index contributed by atoms with van der Waals surface area (Å²) in [5.74, 6) is 1.27. The molecule has 2 nitrogen and oxygen atoms in total. The Morgan fingerprint density at radius 2 is 1.71 bits per heavy atom. The number of carbonyl (C=O) groups excluding carboxylic acids is 1. The summed E-state index contributed by atoms with van der Waals surface area (Å²) in [5, 5.41) is 0. The third kappa shape index (κ3) is 1.60. The van der Waals surface area contributed by atoms with E-state index in [0.717, 1.165) is 6.42 Å². The molecule has 17 heavy (non-hydrogen) atoms. The molecule has 1 aliphatic carbocycles. The standard InChI is InChI=1S/C15H26O2/c1-9-8-15(7)12(13(9,3)4)11(10(2)16)14(5,6)17-15/h9,11-12H,8H2,1-7H3. The van der Waals surface area contributed by atoms with Gasteiger partial charge in [-0.15, -0.1) is 0 Å². The number of ether oxygens (including phenoxy) is 1. The summed E-state index contributed by atoms with van der Waals surface area (Å²) in [6, 6.07) is 0. The van der Waals surface area contributed by atoms with E-state index < -0.39 is 0 Å². The first-order chi connectivity index (χ1) is 7.52. The monoisotopic (exact) mass is 238 g/mol. The van der Waals surface area contributed by atoms with Crippen LogP contribution < -0.4 is 0 Å². The maximum atomic E-state index is 12.1. The first kappa shape index (κ1) is 13.1. The molecule has 1 aliphatic heterocycles. The number of hydrogen-bond acceptors (Lipinski definition) is 2. The molecule has 0 aromatic rings. The Hall–Kier alpha value is -0.370. The summed E-state index contributed by atoms with van der Waals surface area (Å²) in [4.78, 5) is 12.1. The van der Waals surface area contributed by atoms with E-state index in [0.29, 0.717) is 11.8 Å². The Morgan fingerprint density at radius 1 is 1.18 bits per heavy atom. The smallest absolute Gasteiger partial charge is 0.136 e. The minimum absolute atomic E-state index is 0.0347. The molecular weight excluding hydrogens is 212 g/mol. The van der Waals surface area contributed by atoms with Gasteiger partial charge in [-0.2, -0.15) is 0 Å². The molecule has 0 bridgehead atoms. The summed E-state index contributed by atoms with van der Waals surface area (Å²) in [6.07, 6.45) is 1.07. The summed E-state index contributed by atoms with van der Waals surface area (Å²) in [7, 11) is 0. The highest BCUT2D eigenvalue weighted by atomic mass is 16.5. The van der Waals surface area contributed by atoms with Gasteiger partial charge in [-0.05, 0) is 45.4 Å². The Kier molecular flexibility index (Phi) is 2.57. The van der Waals surface area contributed by atoms with Gasteiger partial charge in [-0.3, -0.25) is 4.79 Å². The Bertz CT molecular complexity index is 356. The zero-order valence-electron chi connectivity index (χ0n) is 12.3. The lowest BCUT2D eigenvalue weighted by atomic mass is 9.65. The van der Waals surface area contributed by atoms with Gasteiger partial charge < -0.3 is 4.74 Å². The van der Waals surface area contributed by atoms with E-state index in [-0.39, 0.29) is 28.3 Å². The highest BCUT2D eigenvalue weighted by molar-refractivity contribution is 5.80. The molecule has 2 fully saturated rings. The van der Waals surface area contributed by atoms with Crippen LogP contribution >= 0.6 is 0 Å². The number of Topliss-reactive ketones (excluding diaryl/α,β-unsaturated/α-hetero) is 1. The van der Waals surface area contributed by atoms with E-state index >= 15 is 0 Å². The molecule has 98 valence electrons. The van der Waals surface area contributed by atoms with Gasteiger partial charge in [-0.25, -0.2) is 0 Å². The molecule has 0 aromatic carbocycles. The predicted octanol–water partition coefficient (Wildman–Crippen LogP) is 3.44. The molecule has 1 saturated carbocycles. The largest absolute Gasteiger partial charge is 0.368 e. The Balaban J connectivity index is 2.50. The minimum Gasteiger partial charge on any atom is -0.368 e. The lowest BCUT2D eigenvalue weighted by Crippen LogP contribution is -2.41. The van der Waals surface area contributed by atoms with Crippen LogP contribution in [0.1, 0.15) is 54.9 Å². The fourth-order valence-corrected chi connectivity index (χ4v) is 4.77. The van der Waals surface area contributed by atoms with Crippen LogP contribution in [0.5, 0.6) is 0 Å². The zero-order valence-corrected chi connectivity index (χ0v) is 12.3. The van der Waals surface area contributed by atoms with E-state index in [2.05, 4.69) is 41.5 Å². The normalized spacial score (nSPS) is 46.9. The Morgan fingerprint density at radius 3 is 2.18 bits per heavy atom. The molecular formula is C15H26O2. The van der Waals surface area contributed by atoms with Gasteiger partial charge in [0.2, 0.25) is 0 Å². The molecule has 0 spiro atoms. The van der Waals surface area contributed by atoms with Crippen LogP contribution in [0.4, 0.5) is 0 Å². The van der Waals surface area contributed by atoms with Crippen molar-refractivity contribution < 1.29 is 9.53 Å². The summed E-state index contributed by atoms with van der Waals surface area (Å²) >= 11 is 0. The van der Waals surface area contributed by atoms with Crippen molar-refractivity contribution in [3.63, 3.8) is 0 Å². The van der Waals surface area contributed by atoms with Crippen molar-refractivity contribution in [2.75, 3.05) is 0 Å². The van der Waals surface area contributed by atoms with E-state index in [1.807, 2.05) is 0 Å². The van der Waals surface area contributed by atoms with Crippen molar-refractivity contribution in [3.8, 4) is 0 Å². The lowest BCUT2D eigenvalue weighted by molar-refractivity contribution is -0.129. The van der Waals surface area contributed by atoms with Crippen LogP contribution in [0.3, 0.4) is 0 Å². The number of carbonyl (C=O) groups is 1. The minimum atomic E-state index is -0.317. The molecule has 0 radical (unpaired) electrons. The van der Waals surface area contributed by atoms with Crippen molar-refractivity contribution in [2.45, 2.75) is 66.1 Å². The fourth-order valence-electron chi connectivity index (χ4n) is 4.77. The maximum Gasteiger partial charge on any atom is 0.136 e. The third-order valence-electron chi connectivity index (χ3n) is 5.46. The van der Waals surface area contributed by atoms with Crippen molar-refractivity contribution in [1.29, 1.82) is 0 Å². The van der Waals surface area contributed by atoms with Crippen molar-refractivity contribution in [2.24, 2.45) is 23.2 Å². The highest BCUT2D eigenvalue weighted by Crippen LogP contribution is 2.64. The van der Waals surface area contributed by atoms with Crippen molar-refractivity contribution in [3.05, 3.63) is 0 Å². The van der Waals surface area contributed by atoms with Crippen LogP contribution in [0.25, 0.3) is 0 Å². The van der Waals surface area contributed by atoms with Crippen molar-refractivity contribution >= 4 is 5.78 Å². The molecule has 2 rings (SSSR count). The second-order valence-corrected chi connectivity index (χ2v) is 7.51. The van der Waals surface area contributed by atoms with Crippen molar-refractivity contribution in [1.82, 2.24) is 0 Å². The van der Waals surface area contributed by atoms with Crippen LogP contribution in [0.15, 0.2) is 0 Å². The van der Waals surface area contributed by atoms with Gasteiger partial charge in [0.25, 0.3) is 0 Å². The zero-order chi connectivity index (χ0) is 13.2. The second-order valence-electron chi connectivity index (χ2n) is 7.51. The van der Waals surface area contributed by atoms with E-state index in [4.69, 9.17) is 4.74 Å². The maximum absolute atomic E-state index is 12.1. The summed E-state index contributed by atoms with van der Waals surface area (Å²) < 4.78 is 6.32. The molecule has 1 saturated heterocycles. The molecule has 2 heteroatoms. The van der Waals surface area contributed by atoms with E-state index in [1.54, 1.807) is 6.92 Å². The number of rotatable bonds is 1. The highest BCUT2D eigenvalue weighted by Gasteiger charge is 2.67. The van der Waals surface area contributed by atoms with Gasteiger partial charge in [0.05, 0.1) is 17.1 Å². The SMILES string of the molecule is CC(=O)C1C2C(C)(CC(C)C2(C)C)OC1(C)C. The average molecular weight is 238 g/mol. The first-order valence-corrected chi connectivity index (χ1v) is 6.73. The molecule has 1 heterocycles. The average Bonchev–Trinajstić information content (AvgIpc) is 2.39. The topological polar surface area (TPSA) is 26.3 Å². The molecule has 4 unspecified atom stereocenters. The van der Waals surface area contributed by atoms with Crippen LogP contribution in [0.2, 0.25) is 0 Å². The van der Waals surface area contributed by atoms with Crippen LogP contribution in [0, 0.1) is 23.2 Å².